The van der Waals surface area contributed by atoms with Crippen molar-refractivity contribution in [1.29, 1.82) is 0 Å². The summed E-state index contributed by atoms with van der Waals surface area (Å²) in [5, 5.41) is 4.88. The number of nitrogens with one attached hydrogen (secondary N) is 2. The average molecular weight is 247 g/mol. The first-order valence-corrected chi connectivity index (χ1v) is 4.79. The Kier molecular flexibility index (Phi) is 3.59. The van der Waals surface area contributed by atoms with Gasteiger partial charge < -0.3 is 10.6 Å². The second kappa shape index (κ2) is 4.60. The fraction of sp³-hybridized carbons (Fsp3) is 0.400. The van der Waals surface area contributed by atoms with E-state index in [0.29, 0.717) is 6.20 Å². The molecule has 0 aliphatic rings. The van der Waals surface area contributed by atoms with Crippen molar-refractivity contribution < 1.29 is 18.0 Å². The van der Waals surface area contributed by atoms with Crippen LogP contribution in [-0.4, -0.2) is 25.0 Å². The molecule has 94 valence electrons. The molecule has 0 aliphatic carbocycles. The molecule has 1 aromatic rings. The Hall–Kier alpha value is -1.79. The number of anilines is 1. The van der Waals surface area contributed by atoms with Gasteiger partial charge in [-0.1, -0.05) is 0 Å². The molecule has 1 aromatic heterocycles. The number of aromatic nitrogens is 1. The van der Waals surface area contributed by atoms with Crippen LogP contribution in [0.2, 0.25) is 0 Å². The van der Waals surface area contributed by atoms with Crippen molar-refractivity contribution in [2.45, 2.75) is 13.1 Å². The van der Waals surface area contributed by atoms with E-state index in [-0.39, 0.29) is 16.9 Å². The molecule has 4 nitrogen and oxygen atoms in total. The van der Waals surface area contributed by atoms with Gasteiger partial charge in [-0.15, -0.1) is 0 Å². The molecule has 0 atom stereocenters. The Balaban J connectivity index is 3.48. The number of nitrogens with zero attached hydrogens (tertiary/aromatic N) is 1. The molecule has 2 N–H and O–H groups in total. The summed E-state index contributed by atoms with van der Waals surface area (Å²) in [7, 11) is 2.84. The maximum absolute atomic E-state index is 12.6. The van der Waals surface area contributed by atoms with Crippen LogP contribution in [-0.2, 0) is 6.18 Å². The number of rotatable bonds is 2. The number of carbonyl (C=O) groups excluding carboxylic acids is 1. The number of hydrogen-bond donors (Lipinski definition) is 2. The highest BCUT2D eigenvalue weighted by molar-refractivity contribution is 6.00. The van der Waals surface area contributed by atoms with E-state index in [1.165, 1.54) is 21.0 Å². The van der Waals surface area contributed by atoms with Crippen LogP contribution in [0.3, 0.4) is 0 Å². The van der Waals surface area contributed by atoms with Crippen LogP contribution < -0.4 is 10.6 Å². The van der Waals surface area contributed by atoms with Crippen LogP contribution in [0.25, 0.3) is 0 Å². The number of alkyl halides is 3. The molecule has 0 fully saturated rings. The van der Waals surface area contributed by atoms with E-state index in [9.17, 15) is 18.0 Å². The second-order valence-electron chi connectivity index (χ2n) is 3.35. The molecule has 1 heterocycles. The first kappa shape index (κ1) is 13.3. The monoisotopic (exact) mass is 247 g/mol. The third-order valence-electron chi connectivity index (χ3n) is 2.33. The summed E-state index contributed by atoms with van der Waals surface area (Å²) in [6.07, 6.45) is -3.81. The molecule has 7 heteroatoms. The number of halogens is 3. The molecule has 0 unspecified atom stereocenters. The fourth-order valence-electron chi connectivity index (χ4n) is 1.48. The fourth-order valence-corrected chi connectivity index (χ4v) is 1.48. The van der Waals surface area contributed by atoms with Crippen LogP contribution in [0.1, 0.15) is 21.5 Å². The lowest BCUT2D eigenvalue weighted by Gasteiger charge is -2.15. The third-order valence-corrected chi connectivity index (χ3v) is 2.33. The normalized spacial score (nSPS) is 11.2. The average Bonchev–Trinajstić information content (AvgIpc) is 2.25. The second-order valence-corrected chi connectivity index (χ2v) is 3.35. The van der Waals surface area contributed by atoms with Crippen LogP contribution in [0.4, 0.5) is 19.0 Å². The van der Waals surface area contributed by atoms with Gasteiger partial charge in [0, 0.05) is 20.3 Å². The maximum Gasteiger partial charge on any atom is 0.418 e. The van der Waals surface area contributed by atoms with Crippen molar-refractivity contribution in [2.75, 3.05) is 19.4 Å². The molecule has 0 saturated heterocycles. The van der Waals surface area contributed by atoms with E-state index in [4.69, 9.17) is 0 Å². The van der Waals surface area contributed by atoms with E-state index >= 15 is 0 Å². The van der Waals surface area contributed by atoms with Gasteiger partial charge in [0.25, 0.3) is 5.91 Å². The molecule has 0 aromatic carbocycles. The lowest BCUT2D eigenvalue weighted by atomic mass is 10.0. The minimum Gasteiger partial charge on any atom is -0.372 e. The minimum atomic E-state index is -4.52. The van der Waals surface area contributed by atoms with Gasteiger partial charge in [0.05, 0.1) is 11.1 Å². The molecule has 0 saturated carbocycles. The topological polar surface area (TPSA) is 54.0 Å². The van der Waals surface area contributed by atoms with E-state index < -0.39 is 17.6 Å². The van der Waals surface area contributed by atoms with E-state index in [0.717, 1.165) is 0 Å². The Bertz CT molecular complexity index is 443. The summed E-state index contributed by atoms with van der Waals surface area (Å²) in [4.78, 5) is 15.1. The standard InChI is InChI=1S/C10H12F3N3O/c1-5-6(10(11,12)13)4-16-8(14-2)7(5)9(17)15-3/h4H,1-3H3,(H,14,16)(H,15,17). The van der Waals surface area contributed by atoms with Crippen LogP contribution in [0, 0.1) is 6.92 Å². The first-order chi connectivity index (χ1) is 7.82. The highest BCUT2D eigenvalue weighted by Gasteiger charge is 2.35. The molecular formula is C10H12F3N3O. The summed E-state index contributed by atoms with van der Waals surface area (Å²) in [6.45, 7) is 1.25. The van der Waals surface area contributed by atoms with E-state index in [1.54, 1.807) is 0 Å². The lowest BCUT2D eigenvalue weighted by Crippen LogP contribution is -2.23. The lowest BCUT2D eigenvalue weighted by molar-refractivity contribution is -0.138. The summed E-state index contributed by atoms with van der Waals surface area (Å²) in [5.41, 5.74) is -1.14. The van der Waals surface area contributed by atoms with Gasteiger partial charge in [0.15, 0.2) is 0 Å². The zero-order chi connectivity index (χ0) is 13.2. The first-order valence-electron chi connectivity index (χ1n) is 4.79. The zero-order valence-electron chi connectivity index (χ0n) is 9.57. The third kappa shape index (κ3) is 2.48. The van der Waals surface area contributed by atoms with Gasteiger partial charge >= 0.3 is 6.18 Å². The van der Waals surface area contributed by atoms with Crippen LogP contribution >= 0.6 is 0 Å². The summed E-state index contributed by atoms with van der Waals surface area (Å²) >= 11 is 0. The smallest absolute Gasteiger partial charge is 0.372 e. The predicted octanol–water partition coefficient (Wildman–Crippen LogP) is 1.81. The summed E-state index contributed by atoms with van der Waals surface area (Å²) in [5.74, 6) is -0.486. The molecule has 1 rings (SSSR count). The molecule has 0 bridgehead atoms. The van der Waals surface area contributed by atoms with Gasteiger partial charge in [-0.2, -0.15) is 13.2 Å². The number of carbonyl (C=O) groups is 1. The van der Waals surface area contributed by atoms with Gasteiger partial charge in [-0.3, -0.25) is 4.79 Å². The zero-order valence-corrected chi connectivity index (χ0v) is 9.57. The molecule has 0 radical (unpaired) electrons. The SMILES string of the molecule is CNC(=O)c1c(NC)ncc(C(F)(F)F)c1C. The van der Waals surface area contributed by atoms with E-state index in [2.05, 4.69) is 15.6 Å². The molecule has 17 heavy (non-hydrogen) atoms. The molecular weight excluding hydrogens is 235 g/mol. The van der Waals surface area contributed by atoms with Crippen LogP contribution in [0.15, 0.2) is 6.20 Å². The minimum absolute atomic E-state index is 0.0928. The Labute approximate surface area is 96.2 Å². The summed E-state index contributed by atoms with van der Waals surface area (Å²) in [6, 6.07) is 0. The van der Waals surface area contributed by atoms with Crippen molar-refractivity contribution in [3.63, 3.8) is 0 Å². The van der Waals surface area contributed by atoms with Crippen molar-refractivity contribution in [2.24, 2.45) is 0 Å². The molecule has 0 aliphatic heterocycles. The number of pyridine rings is 1. The van der Waals surface area contributed by atoms with Crippen molar-refractivity contribution >= 4 is 11.7 Å². The largest absolute Gasteiger partial charge is 0.418 e. The van der Waals surface area contributed by atoms with Gasteiger partial charge in [-0.05, 0) is 12.5 Å². The molecule has 0 spiro atoms. The Morgan fingerprint density at radius 3 is 2.35 bits per heavy atom. The van der Waals surface area contributed by atoms with Gasteiger partial charge in [0.1, 0.15) is 5.82 Å². The highest BCUT2D eigenvalue weighted by atomic mass is 19.4. The number of hydrogen-bond acceptors (Lipinski definition) is 3. The van der Waals surface area contributed by atoms with Crippen molar-refractivity contribution in [1.82, 2.24) is 10.3 Å². The van der Waals surface area contributed by atoms with Gasteiger partial charge in [-0.25, -0.2) is 4.98 Å². The Morgan fingerprint density at radius 2 is 1.94 bits per heavy atom. The predicted molar refractivity (Wildman–Crippen MR) is 56.9 cm³/mol. The van der Waals surface area contributed by atoms with Crippen molar-refractivity contribution in [3.8, 4) is 0 Å². The van der Waals surface area contributed by atoms with Gasteiger partial charge in [0.2, 0.25) is 0 Å². The quantitative estimate of drug-likeness (QED) is 0.838. The number of amides is 1. The van der Waals surface area contributed by atoms with Crippen LogP contribution in [0.5, 0.6) is 0 Å². The maximum atomic E-state index is 12.6. The highest BCUT2D eigenvalue weighted by Crippen LogP contribution is 2.34. The van der Waals surface area contributed by atoms with Crippen molar-refractivity contribution in [3.05, 3.63) is 22.9 Å². The van der Waals surface area contributed by atoms with E-state index in [1.807, 2.05) is 0 Å². The Morgan fingerprint density at radius 1 is 1.35 bits per heavy atom. The molecule has 1 amide bonds. The summed E-state index contributed by atoms with van der Waals surface area (Å²) < 4.78 is 37.9.